The number of nitrogens with one attached hydrogen (secondary N) is 2. The van der Waals surface area contributed by atoms with Crippen LogP contribution in [0.15, 0.2) is 36.4 Å². The highest BCUT2D eigenvalue weighted by Gasteiger charge is 2.22. The minimum Gasteiger partial charge on any atom is -0.494 e. The van der Waals surface area contributed by atoms with E-state index in [0.29, 0.717) is 61.2 Å². The molecule has 0 aliphatic carbocycles. The first kappa shape index (κ1) is 32.3. The van der Waals surface area contributed by atoms with Gasteiger partial charge in [-0.3, -0.25) is 4.79 Å². The summed E-state index contributed by atoms with van der Waals surface area (Å²) in [5, 5.41) is 15.6. The van der Waals surface area contributed by atoms with E-state index in [9.17, 15) is 19.5 Å². The summed E-state index contributed by atoms with van der Waals surface area (Å²) in [6.07, 6.45) is 5.12. The van der Waals surface area contributed by atoms with Gasteiger partial charge in [-0.25, -0.2) is 9.59 Å². The summed E-state index contributed by atoms with van der Waals surface area (Å²) in [5.41, 5.74) is 19.9. The lowest BCUT2D eigenvalue weighted by Crippen LogP contribution is -2.38. The Morgan fingerprint density at radius 1 is 1.00 bits per heavy atom. The molecule has 0 bridgehead atoms. The number of primary amides is 1. The van der Waals surface area contributed by atoms with Crippen molar-refractivity contribution >= 4 is 40.7 Å². The molecule has 1 fully saturated rings. The molecule has 1 aliphatic rings. The number of hydrogen-bond acceptors (Lipinski definition) is 10. The van der Waals surface area contributed by atoms with Crippen LogP contribution < -0.4 is 37.3 Å². The summed E-state index contributed by atoms with van der Waals surface area (Å²) in [7, 11) is 2.77. The smallest absolute Gasteiger partial charge is 0.407 e. The number of nitrogens with two attached hydrogens (primary N) is 3. The number of esters is 1. The number of carbonyl (C=O) groups is 3. The maximum atomic E-state index is 11.8. The Bertz CT molecular complexity index is 1420. The quantitative estimate of drug-likeness (QED) is 0.0912. The van der Waals surface area contributed by atoms with Crippen LogP contribution in [0.4, 0.5) is 27.5 Å². The molecule has 1 unspecified atom stereocenters. The molecule has 2 aromatic rings. The molecular formula is C30H38N6O7. The highest BCUT2D eigenvalue weighted by atomic mass is 16.5. The number of piperidine rings is 1. The van der Waals surface area contributed by atoms with Gasteiger partial charge in [0, 0.05) is 38.2 Å². The second kappa shape index (κ2) is 15.7. The van der Waals surface area contributed by atoms with E-state index in [2.05, 4.69) is 22.5 Å². The van der Waals surface area contributed by atoms with Gasteiger partial charge in [-0.15, -0.1) is 0 Å². The predicted octanol–water partition coefficient (Wildman–Crippen LogP) is 2.99. The number of ether oxygens (including phenoxy) is 3. The molecule has 1 aliphatic heterocycles. The van der Waals surface area contributed by atoms with Gasteiger partial charge in [-0.1, -0.05) is 24.0 Å². The average molecular weight is 595 g/mol. The van der Waals surface area contributed by atoms with Gasteiger partial charge in [0.15, 0.2) is 0 Å². The topological polar surface area (TPSA) is 204 Å². The van der Waals surface area contributed by atoms with E-state index < -0.39 is 18.0 Å². The fourth-order valence-electron chi connectivity index (χ4n) is 4.58. The van der Waals surface area contributed by atoms with Gasteiger partial charge >= 0.3 is 12.1 Å². The Morgan fingerprint density at radius 3 is 2.23 bits per heavy atom. The monoisotopic (exact) mass is 594 g/mol. The fraction of sp³-hybridized carbons (Fsp3) is 0.367. The third-order valence-corrected chi connectivity index (χ3v) is 6.76. The molecular weight excluding hydrogens is 556 g/mol. The summed E-state index contributed by atoms with van der Waals surface area (Å²) in [4.78, 5) is 36.3. The number of benzene rings is 2. The SMILES string of the molecule is COC(=O)c1cc(N)c(NCC=CCNc2c(N)cc(C(N)=O)cc2OCC#CCC2CCCN(C(=O)O)C2)c(OC)c1. The van der Waals surface area contributed by atoms with E-state index in [1.165, 1.54) is 37.3 Å². The van der Waals surface area contributed by atoms with Crippen LogP contribution in [0.2, 0.25) is 0 Å². The standard InChI is InChI=1S/C30H38N6O7/c1-41-24-17-21(29(38)42-2)15-23(32)26(24)34-10-4-5-11-35-27-22(31)14-20(28(33)37)16-25(27)43-13-6-3-8-19-9-7-12-36(18-19)30(39)40/h4-5,14-17,19,34-35H,7-13,18,31-32H2,1-2H3,(H2,33,37)(H,39,40). The number of methoxy groups -OCH3 is 2. The van der Waals surface area contributed by atoms with Crippen molar-refractivity contribution in [2.45, 2.75) is 19.3 Å². The van der Waals surface area contributed by atoms with Crippen LogP contribution in [0.1, 0.15) is 40.0 Å². The first-order valence-electron chi connectivity index (χ1n) is 13.6. The molecule has 0 spiro atoms. The largest absolute Gasteiger partial charge is 0.494 e. The van der Waals surface area contributed by atoms with Crippen molar-refractivity contribution in [3.63, 3.8) is 0 Å². The Labute approximate surface area is 250 Å². The van der Waals surface area contributed by atoms with Gasteiger partial charge in [0.2, 0.25) is 5.91 Å². The summed E-state index contributed by atoms with van der Waals surface area (Å²) >= 11 is 0. The van der Waals surface area contributed by atoms with E-state index in [-0.39, 0.29) is 29.3 Å². The summed E-state index contributed by atoms with van der Waals surface area (Å²) in [6.45, 7) is 1.85. The van der Waals surface area contributed by atoms with Gasteiger partial charge in [-0.2, -0.15) is 0 Å². The van der Waals surface area contributed by atoms with Crippen LogP contribution in [0.5, 0.6) is 11.5 Å². The van der Waals surface area contributed by atoms with Crippen LogP contribution in [-0.2, 0) is 4.74 Å². The molecule has 3 rings (SSSR count). The van der Waals surface area contributed by atoms with Crippen LogP contribution in [-0.4, -0.2) is 75.0 Å². The van der Waals surface area contributed by atoms with Crippen molar-refractivity contribution in [3.05, 3.63) is 47.5 Å². The minimum atomic E-state index is -0.907. The summed E-state index contributed by atoms with van der Waals surface area (Å²) < 4.78 is 15.9. The van der Waals surface area contributed by atoms with Crippen LogP contribution >= 0.6 is 0 Å². The van der Waals surface area contributed by atoms with Crippen molar-refractivity contribution in [2.24, 2.45) is 11.7 Å². The van der Waals surface area contributed by atoms with E-state index in [1.54, 1.807) is 6.07 Å². The number of rotatable bonds is 12. The normalized spacial score (nSPS) is 14.4. The molecule has 0 aromatic heterocycles. The molecule has 2 amide bonds. The molecule has 230 valence electrons. The third-order valence-electron chi connectivity index (χ3n) is 6.76. The molecule has 9 N–H and O–H groups in total. The molecule has 0 saturated carbocycles. The molecule has 13 nitrogen and oxygen atoms in total. The number of carboxylic acid groups (broad SMARTS) is 1. The molecule has 1 atom stereocenters. The van der Waals surface area contributed by atoms with Crippen molar-refractivity contribution in [3.8, 4) is 23.3 Å². The Kier molecular flexibility index (Phi) is 11.8. The minimum absolute atomic E-state index is 0.0451. The number of nitrogen functional groups attached to an aromatic ring is 2. The number of hydrogen-bond donors (Lipinski definition) is 6. The van der Waals surface area contributed by atoms with Gasteiger partial charge in [0.1, 0.15) is 29.5 Å². The first-order chi connectivity index (χ1) is 20.6. The molecule has 43 heavy (non-hydrogen) atoms. The molecule has 13 heteroatoms. The van der Waals surface area contributed by atoms with Crippen LogP contribution in [0.3, 0.4) is 0 Å². The maximum absolute atomic E-state index is 11.8. The third kappa shape index (κ3) is 9.12. The number of nitrogens with zero attached hydrogens (tertiary/aromatic N) is 1. The zero-order valence-electron chi connectivity index (χ0n) is 24.3. The van der Waals surface area contributed by atoms with Gasteiger partial charge in [0.25, 0.3) is 0 Å². The first-order valence-corrected chi connectivity index (χ1v) is 13.6. The molecule has 1 heterocycles. The number of amides is 2. The van der Waals surface area contributed by atoms with E-state index in [0.717, 1.165) is 12.8 Å². The molecule has 0 radical (unpaired) electrons. The lowest BCUT2D eigenvalue weighted by Gasteiger charge is -2.29. The van der Waals surface area contributed by atoms with Gasteiger partial charge in [-0.05, 0) is 43.0 Å². The number of carbonyl (C=O) groups excluding carboxylic acids is 2. The van der Waals surface area contributed by atoms with E-state index in [4.69, 9.17) is 31.4 Å². The lowest BCUT2D eigenvalue weighted by atomic mass is 9.95. The molecule has 1 saturated heterocycles. The zero-order valence-corrected chi connectivity index (χ0v) is 24.3. The Balaban J connectivity index is 1.58. The number of anilines is 4. The number of likely N-dealkylation sites (tertiary alicyclic amines) is 1. The average Bonchev–Trinajstić information content (AvgIpc) is 2.99. The zero-order chi connectivity index (χ0) is 31.4. The van der Waals surface area contributed by atoms with Crippen LogP contribution in [0.25, 0.3) is 0 Å². The maximum Gasteiger partial charge on any atom is 0.407 e. The van der Waals surface area contributed by atoms with Crippen molar-refractivity contribution < 1.29 is 33.7 Å². The van der Waals surface area contributed by atoms with E-state index >= 15 is 0 Å². The highest BCUT2D eigenvalue weighted by molar-refractivity contribution is 5.96. The van der Waals surface area contributed by atoms with Crippen molar-refractivity contribution in [1.29, 1.82) is 0 Å². The summed E-state index contributed by atoms with van der Waals surface area (Å²) in [5.74, 6) is 5.77. The lowest BCUT2D eigenvalue weighted by molar-refractivity contribution is 0.0600. The van der Waals surface area contributed by atoms with Crippen molar-refractivity contribution in [2.75, 3.05) is 69.1 Å². The Morgan fingerprint density at radius 2 is 1.63 bits per heavy atom. The van der Waals surface area contributed by atoms with Gasteiger partial charge in [0.05, 0.1) is 31.2 Å². The summed E-state index contributed by atoms with van der Waals surface area (Å²) in [6, 6.07) is 6.03. The second-order valence-corrected chi connectivity index (χ2v) is 9.75. The van der Waals surface area contributed by atoms with Crippen molar-refractivity contribution in [1.82, 2.24) is 4.90 Å². The highest BCUT2D eigenvalue weighted by Crippen LogP contribution is 2.33. The Hall–Kier alpha value is -5.25. The fourth-order valence-corrected chi connectivity index (χ4v) is 4.58. The molecule has 2 aromatic carbocycles. The predicted molar refractivity (Wildman–Crippen MR) is 164 cm³/mol. The van der Waals surface area contributed by atoms with Crippen LogP contribution in [0, 0.1) is 17.8 Å². The van der Waals surface area contributed by atoms with E-state index in [1.807, 2.05) is 12.2 Å². The van der Waals surface area contributed by atoms with Gasteiger partial charge < -0.3 is 52.1 Å². The second-order valence-electron chi connectivity index (χ2n) is 9.75.